The normalized spacial score (nSPS) is 12.8. The van der Waals surface area contributed by atoms with Crippen molar-refractivity contribution in [1.82, 2.24) is 4.72 Å². The number of hydrogen-bond donors (Lipinski definition) is 2. The molecular weight excluding hydrogens is 286 g/mol. The van der Waals surface area contributed by atoms with Crippen molar-refractivity contribution >= 4 is 26.5 Å². The number of anilines is 1. The molecule has 8 heteroatoms. The Hall–Kier alpha value is -1.43. The summed E-state index contributed by atoms with van der Waals surface area (Å²) < 4.78 is 37.1. The quantitative estimate of drug-likeness (QED) is 0.575. The van der Waals surface area contributed by atoms with Crippen molar-refractivity contribution in [2.75, 3.05) is 24.3 Å². The van der Waals surface area contributed by atoms with Crippen LogP contribution in [0.1, 0.15) is 12.0 Å². The first-order valence-electron chi connectivity index (χ1n) is 5.46. The van der Waals surface area contributed by atoms with Gasteiger partial charge in [-0.3, -0.25) is 4.21 Å². The highest BCUT2D eigenvalue weighted by Gasteiger charge is 2.17. The molecule has 0 fully saturated rings. The summed E-state index contributed by atoms with van der Waals surface area (Å²) in [5.74, 6) is 0.436. The highest BCUT2D eigenvalue weighted by atomic mass is 32.2. The van der Waals surface area contributed by atoms with E-state index in [-0.39, 0.29) is 17.1 Å². The van der Waals surface area contributed by atoms with E-state index in [0.717, 1.165) is 0 Å². The van der Waals surface area contributed by atoms with Gasteiger partial charge in [-0.2, -0.15) is 5.26 Å². The van der Waals surface area contributed by atoms with E-state index >= 15 is 0 Å². The molecule has 0 heterocycles. The Morgan fingerprint density at radius 1 is 1.47 bits per heavy atom. The van der Waals surface area contributed by atoms with Gasteiger partial charge in [0.25, 0.3) is 0 Å². The van der Waals surface area contributed by atoms with Gasteiger partial charge in [-0.05, 0) is 24.6 Å². The Labute approximate surface area is 115 Å². The maximum absolute atomic E-state index is 11.9. The summed E-state index contributed by atoms with van der Waals surface area (Å²) in [6.07, 6.45) is 2.05. The third-order valence-corrected chi connectivity index (χ3v) is 4.73. The molecule has 0 aromatic heterocycles. The van der Waals surface area contributed by atoms with Crippen LogP contribution in [0.25, 0.3) is 0 Å². The molecule has 1 aromatic carbocycles. The predicted octanol–water partition coefficient (Wildman–Crippen LogP) is 0.187. The van der Waals surface area contributed by atoms with Crippen molar-refractivity contribution in [3.05, 3.63) is 23.8 Å². The highest BCUT2D eigenvalue weighted by Crippen LogP contribution is 2.19. The lowest BCUT2D eigenvalue weighted by atomic mass is 10.2. The number of nitrogens with one attached hydrogen (secondary N) is 1. The molecule has 1 atom stereocenters. The fourth-order valence-electron chi connectivity index (χ4n) is 1.42. The second kappa shape index (κ2) is 6.65. The zero-order valence-corrected chi connectivity index (χ0v) is 12.1. The first-order valence-corrected chi connectivity index (χ1v) is 8.67. The maximum atomic E-state index is 11.9. The third kappa shape index (κ3) is 4.63. The van der Waals surface area contributed by atoms with E-state index in [1.54, 1.807) is 6.26 Å². The van der Waals surface area contributed by atoms with Gasteiger partial charge in [-0.15, -0.1) is 0 Å². The summed E-state index contributed by atoms with van der Waals surface area (Å²) in [6, 6.07) is 5.89. The van der Waals surface area contributed by atoms with Crippen LogP contribution in [0, 0.1) is 11.3 Å². The van der Waals surface area contributed by atoms with E-state index in [1.807, 2.05) is 6.07 Å². The number of nitrogens with zero attached hydrogens (tertiary/aromatic N) is 1. The van der Waals surface area contributed by atoms with Crippen molar-refractivity contribution in [1.29, 1.82) is 5.26 Å². The van der Waals surface area contributed by atoms with Gasteiger partial charge in [0.05, 0.1) is 17.3 Å². The van der Waals surface area contributed by atoms with Crippen molar-refractivity contribution in [3.63, 3.8) is 0 Å². The van der Waals surface area contributed by atoms with Crippen molar-refractivity contribution < 1.29 is 12.6 Å². The van der Waals surface area contributed by atoms with Crippen molar-refractivity contribution in [2.45, 2.75) is 11.3 Å². The van der Waals surface area contributed by atoms with E-state index in [4.69, 9.17) is 11.0 Å². The minimum atomic E-state index is -3.70. The molecule has 3 N–H and O–H groups in total. The zero-order valence-electron chi connectivity index (χ0n) is 10.4. The van der Waals surface area contributed by atoms with Crippen LogP contribution in [-0.4, -0.2) is 31.2 Å². The molecule has 0 aliphatic carbocycles. The Balaban J connectivity index is 2.78. The lowest BCUT2D eigenvalue weighted by molar-refractivity contribution is 0.581. The SMILES string of the molecule is CS(=O)CCCNS(=O)(=O)c1ccc(C#N)cc1N. The van der Waals surface area contributed by atoms with E-state index < -0.39 is 20.8 Å². The molecule has 104 valence electrons. The number of sulfonamides is 1. The topological polar surface area (TPSA) is 113 Å². The van der Waals surface area contributed by atoms with E-state index in [9.17, 15) is 12.6 Å². The van der Waals surface area contributed by atoms with Crippen LogP contribution in [0.3, 0.4) is 0 Å². The minimum absolute atomic E-state index is 0.0330. The van der Waals surface area contributed by atoms with E-state index in [1.165, 1.54) is 18.2 Å². The molecule has 19 heavy (non-hydrogen) atoms. The van der Waals surface area contributed by atoms with Gasteiger partial charge in [0.2, 0.25) is 10.0 Å². The van der Waals surface area contributed by atoms with Gasteiger partial charge in [-0.25, -0.2) is 13.1 Å². The first-order chi connectivity index (χ1) is 8.86. The standard InChI is InChI=1S/C11H15N3O3S2/c1-18(15)6-2-5-14-19(16,17)11-4-3-9(8-12)7-10(11)13/h3-4,7,14H,2,5-6,13H2,1H3. The monoisotopic (exact) mass is 301 g/mol. The summed E-state index contributed by atoms with van der Waals surface area (Å²) in [5, 5.41) is 8.68. The van der Waals surface area contributed by atoms with Crippen LogP contribution in [0.2, 0.25) is 0 Å². The molecule has 0 amide bonds. The number of nitriles is 1. The molecule has 0 aliphatic heterocycles. The fourth-order valence-corrected chi connectivity index (χ4v) is 3.16. The zero-order chi connectivity index (χ0) is 14.5. The Morgan fingerprint density at radius 3 is 2.68 bits per heavy atom. The molecule has 0 saturated heterocycles. The van der Waals surface area contributed by atoms with Gasteiger partial charge in [0, 0.05) is 29.4 Å². The smallest absolute Gasteiger partial charge is 0.242 e. The largest absolute Gasteiger partial charge is 0.398 e. The summed E-state index contributed by atoms with van der Waals surface area (Å²) >= 11 is 0. The molecule has 1 unspecified atom stereocenters. The van der Waals surface area contributed by atoms with Crippen LogP contribution in [0.4, 0.5) is 5.69 Å². The Bertz CT molecular complexity index is 621. The summed E-state index contributed by atoms with van der Waals surface area (Å²) in [4.78, 5) is -0.0517. The Morgan fingerprint density at radius 2 is 2.16 bits per heavy atom. The Kier molecular flexibility index (Phi) is 5.47. The average molecular weight is 301 g/mol. The minimum Gasteiger partial charge on any atom is -0.398 e. The predicted molar refractivity (Wildman–Crippen MR) is 74.3 cm³/mol. The van der Waals surface area contributed by atoms with Crippen LogP contribution < -0.4 is 10.5 Å². The summed E-state index contributed by atoms with van der Waals surface area (Å²) in [7, 11) is -4.64. The lowest BCUT2D eigenvalue weighted by Gasteiger charge is -2.08. The molecule has 0 saturated carbocycles. The van der Waals surface area contributed by atoms with Crippen LogP contribution in [-0.2, 0) is 20.8 Å². The first kappa shape index (κ1) is 15.6. The number of benzene rings is 1. The van der Waals surface area contributed by atoms with Gasteiger partial charge in [0.15, 0.2) is 0 Å². The number of nitrogens with two attached hydrogens (primary N) is 1. The average Bonchev–Trinajstić information content (AvgIpc) is 2.34. The van der Waals surface area contributed by atoms with Gasteiger partial charge in [0.1, 0.15) is 4.90 Å². The van der Waals surface area contributed by atoms with Gasteiger partial charge >= 0.3 is 0 Å². The molecule has 0 radical (unpaired) electrons. The lowest BCUT2D eigenvalue weighted by Crippen LogP contribution is -2.26. The molecule has 1 rings (SSSR count). The summed E-state index contributed by atoms with van der Waals surface area (Å²) in [6.45, 7) is 0.196. The number of nitrogen functional groups attached to an aromatic ring is 1. The van der Waals surface area contributed by atoms with Crippen LogP contribution in [0.5, 0.6) is 0 Å². The van der Waals surface area contributed by atoms with Gasteiger partial charge in [-0.1, -0.05) is 0 Å². The molecule has 1 aromatic rings. The third-order valence-electron chi connectivity index (χ3n) is 2.33. The van der Waals surface area contributed by atoms with E-state index in [2.05, 4.69) is 4.72 Å². The summed E-state index contributed by atoms with van der Waals surface area (Å²) in [5.41, 5.74) is 5.95. The van der Waals surface area contributed by atoms with Crippen molar-refractivity contribution in [3.8, 4) is 6.07 Å². The number of hydrogen-bond acceptors (Lipinski definition) is 5. The molecule has 0 spiro atoms. The molecule has 0 bridgehead atoms. The van der Waals surface area contributed by atoms with Crippen molar-refractivity contribution in [2.24, 2.45) is 0 Å². The fraction of sp³-hybridized carbons (Fsp3) is 0.364. The van der Waals surface area contributed by atoms with E-state index in [0.29, 0.717) is 17.7 Å². The second-order valence-corrected chi connectivity index (χ2v) is 7.18. The number of rotatable bonds is 6. The van der Waals surface area contributed by atoms with Crippen LogP contribution in [0.15, 0.2) is 23.1 Å². The molecule has 0 aliphatic rings. The molecule has 6 nitrogen and oxygen atoms in total. The highest BCUT2D eigenvalue weighted by molar-refractivity contribution is 7.89. The van der Waals surface area contributed by atoms with Crippen LogP contribution >= 0.6 is 0 Å². The van der Waals surface area contributed by atoms with Gasteiger partial charge < -0.3 is 5.73 Å². The molecular formula is C11H15N3O3S2. The second-order valence-electron chi connectivity index (χ2n) is 3.89. The maximum Gasteiger partial charge on any atom is 0.242 e.